The van der Waals surface area contributed by atoms with Gasteiger partial charge in [0.15, 0.2) is 0 Å². The molecule has 0 unspecified atom stereocenters. The second-order valence-corrected chi connectivity index (χ2v) is 2.59. The molecule has 0 amide bonds. The minimum atomic E-state index is -0.786. The predicted molar refractivity (Wildman–Crippen MR) is 54.3 cm³/mol. The smallest absolute Gasteiger partial charge is 0.327 e. The van der Waals surface area contributed by atoms with Crippen molar-refractivity contribution in [1.82, 2.24) is 0 Å². The van der Waals surface area contributed by atoms with Crippen LogP contribution in [0.3, 0.4) is 0 Å². The molecule has 0 heterocycles. The zero-order valence-corrected chi connectivity index (χ0v) is 8.45. The van der Waals surface area contributed by atoms with Crippen LogP contribution in [0.25, 0.3) is 0 Å². The van der Waals surface area contributed by atoms with E-state index in [1.807, 2.05) is 0 Å². The molecule has 0 aliphatic carbocycles. The van der Waals surface area contributed by atoms with Crippen LogP contribution in [-0.4, -0.2) is 18.2 Å². The highest BCUT2D eigenvalue weighted by Gasteiger charge is 2.15. The third-order valence-electron chi connectivity index (χ3n) is 1.71. The van der Waals surface area contributed by atoms with Gasteiger partial charge in [-0.2, -0.15) is 0 Å². The van der Waals surface area contributed by atoms with Gasteiger partial charge in [0.05, 0.1) is 7.11 Å². The Labute approximate surface area is 88.1 Å². The van der Waals surface area contributed by atoms with Gasteiger partial charge < -0.3 is 15.6 Å². The molecule has 14 heavy (non-hydrogen) atoms. The highest BCUT2D eigenvalue weighted by atomic mass is 35.5. The van der Waals surface area contributed by atoms with E-state index < -0.39 is 12.0 Å². The number of benzene rings is 1. The van der Waals surface area contributed by atoms with Crippen LogP contribution in [-0.2, 0) is 9.53 Å². The summed E-state index contributed by atoms with van der Waals surface area (Å²) in [5.74, 6) is -0.355. The first-order chi connectivity index (χ1) is 6.15. The second kappa shape index (κ2) is 5.47. The number of hydrogen-bond acceptors (Lipinski definition) is 4. The van der Waals surface area contributed by atoms with Gasteiger partial charge in [-0.3, -0.25) is 4.79 Å². The molecule has 0 saturated heterocycles. The van der Waals surface area contributed by atoms with Gasteiger partial charge in [-0.05, 0) is 17.7 Å². The van der Waals surface area contributed by atoms with Crippen LogP contribution < -0.4 is 5.73 Å². The molecule has 0 aromatic heterocycles. The number of ether oxygens (including phenoxy) is 1. The lowest BCUT2D eigenvalue weighted by molar-refractivity contribution is -0.142. The van der Waals surface area contributed by atoms with Crippen LogP contribution in [0.1, 0.15) is 11.6 Å². The molecular formula is C9H12ClNO3. The van der Waals surface area contributed by atoms with Gasteiger partial charge in [-0.25, -0.2) is 0 Å². The number of rotatable bonds is 2. The van der Waals surface area contributed by atoms with E-state index in [0.29, 0.717) is 5.56 Å². The lowest BCUT2D eigenvalue weighted by Crippen LogP contribution is -2.22. The van der Waals surface area contributed by atoms with Crippen LogP contribution >= 0.6 is 12.4 Å². The molecule has 0 fully saturated rings. The summed E-state index contributed by atoms with van der Waals surface area (Å²) in [4.78, 5) is 11.0. The van der Waals surface area contributed by atoms with Crippen LogP contribution in [0.15, 0.2) is 24.3 Å². The first-order valence-electron chi connectivity index (χ1n) is 3.77. The Bertz CT molecular complexity index is 299. The highest BCUT2D eigenvalue weighted by Crippen LogP contribution is 2.15. The van der Waals surface area contributed by atoms with E-state index in [1.165, 1.54) is 19.2 Å². The monoisotopic (exact) mass is 217 g/mol. The standard InChI is InChI=1S/C9H11NO3.ClH/c1-13-9(12)8(10)6-2-4-7(11)5-3-6;/h2-5,8,11H,10H2,1H3;1H/t8-;/m1./s1. The Kier molecular flexibility index (Phi) is 4.97. The number of carbonyl (C=O) groups is 1. The molecular weight excluding hydrogens is 206 g/mol. The van der Waals surface area contributed by atoms with Gasteiger partial charge in [0, 0.05) is 0 Å². The Morgan fingerprint density at radius 3 is 2.36 bits per heavy atom. The first kappa shape index (κ1) is 12.7. The summed E-state index contributed by atoms with van der Waals surface area (Å²) in [6.07, 6.45) is 0. The fourth-order valence-electron chi connectivity index (χ4n) is 0.945. The van der Waals surface area contributed by atoms with Crippen molar-refractivity contribution >= 4 is 18.4 Å². The lowest BCUT2D eigenvalue weighted by atomic mass is 10.1. The third-order valence-corrected chi connectivity index (χ3v) is 1.71. The number of aromatic hydroxyl groups is 1. The summed E-state index contributed by atoms with van der Waals surface area (Å²) in [5, 5.41) is 8.98. The maximum atomic E-state index is 11.0. The zero-order valence-electron chi connectivity index (χ0n) is 7.64. The number of carbonyl (C=O) groups excluding carboxylic acids is 1. The van der Waals surface area contributed by atoms with Crippen molar-refractivity contribution < 1.29 is 14.6 Å². The van der Waals surface area contributed by atoms with Gasteiger partial charge >= 0.3 is 5.97 Å². The van der Waals surface area contributed by atoms with E-state index in [1.54, 1.807) is 12.1 Å². The number of hydrogen-bond donors (Lipinski definition) is 2. The van der Waals surface area contributed by atoms with Crippen LogP contribution in [0.5, 0.6) is 5.75 Å². The Hall–Kier alpha value is -1.26. The Balaban J connectivity index is 0.00000169. The van der Waals surface area contributed by atoms with E-state index >= 15 is 0 Å². The molecule has 78 valence electrons. The van der Waals surface area contributed by atoms with E-state index in [-0.39, 0.29) is 18.2 Å². The van der Waals surface area contributed by atoms with Gasteiger partial charge in [0.2, 0.25) is 0 Å². The molecule has 1 aromatic carbocycles. The Morgan fingerprint density at radius 1 is 1.43 bits per heavy atom. The largest absolute Gasteiger partial charge is 0.508 e. The normalized spacial score (nSPS) is 11.3. The van der Waals surface area contributed by atoms with Crippen LogP contribution in [0.2, 0.25) is 0 Å². The van der Waals surface area contributed by atoms with Crippen molar-refractivity contribution in [3.63, 3.8) is 0 Å². The first-order valence-corrected chi connectivity index (χ1v) is 3.77. The van der Waals surface area contributed by atoms with Gasteiger partial charge in [0.25, 0.3) is 0 Å². The van der Waals surface area contributed by atoms with E-state index in [9.17, 15) is 4.79 Å². The molecule has 0 spiro atoms. The number of halogens is 1. The zero-order chi connectivity index (χ0) is 9.84. The Morgan fingerprint density at radius 2 is 1.93 bits per heavy atom. The maximum absolute atomic E-state index is 11.0. The number of phenols is 1. The molecule has 0 aliphatic heterocycles. The number of nitrogens with two attached hydrogens (primary N) is 1. The van der Waals surface area contributed by atoms with E-state index in [0.717, 1.165) is 0 Å². The lowest BCUT2D eigenvalue weighted by Gasteiger charge is -2.08. The van der Waals surface area contributed by atoms with Gasteiger partial charge in [-0.15, -0.1) is 12.4 Å². The summed E-state index contributed by atoms with van der Waals surface area (Å²) in [5.41, 5.74) is 6.16. The molecule has 1 aromatic rings. The summed E-state index contributed by atoms with van der Waals surface area (Å²) in [7, 11) is 1.28. The molecule has 0 aliphatic rings. The topological polar surface area (TPSA) is 72.5 Å². The van der Waals surface area contributed by atoms with Crippen molar-refractivity contribution in [2.45, 2.75) is 6.04 Å². The molecule has 5 heteroatoms. The van der Waals surface area contributed by atoms with E-state index in [4.69, 9.17) is 10.8 Å². The quantitative estimate of drug-likeness (QED) is 0.725. The van der Waals surface area contributed by atoms with Crippen molar-refractivity contribution in [1.29, 1.82) is 0 Å². The predicted octanol–water partition coefficient (Wildman–Crippen LogP) is 0.987. The minimum Gasteiger partial charge on any atom is -0.508 e. The maximum Gasteiger partial charge on any atom is 0.327 e. The van der Waals surface area contributed by atoms with Crippen molar-refractivity contribution in [3.05, 3.63) is 29.8 Å². The minimum absolute atomic E-state index is 0. The fourth-order valence-corrected chi connectivity index (χ4v) is 0.945. The molecule has 0 radical (unpaired) electrons. The number of methoxy groups -OCH3 is 1. The summed E-state index contributed by atoms with van der Waals surface area (Å²) in [6, 6.07) is 5.31. The van der Waals surface area contributed by atoms with Crippen molar-refractivity contribution in [3.8, 4) is 5.75 Å². The molecule has 1 rings (SSSR count). The molecule has 1 atom stereocenters. The number of phenolic OH excluding ortho intramolecular Hbond substituents is 1. The fraction of sp³-hybridized carbons (Fsp3) is 0.222. The molecule has 0 saturated carbocycles. The molecule has 3 N–H and O–H groups in total. The number of esters is 1. The molecule has 4 nitrogen and oxygen atoms in total. The third kappa shape index (κ3) is 2.90. The highest BCUT2D eigenvalue weighted by molar-refractivity contribution is 5.85. The van der Waals surface area contributed by atoms with Crippen molar-refractivity contribution in [2.75, 3.05) is 7.11 Å². The SMILES string of the molecule is COC(=O)[C@H](N)c1ccc(O)cc1.Cl. The second-order valence-electron chi connectivity index (χ2n) is 2.59. The summed E-state index contributed by atoms with van der Waals surface area (Å²) >= 11 is 0. The summed E-state index contributed by atoms with van der Waals surface area (Å²) < 4.78 is 4.47. The van der Waals surface area contributed by atoms with Crippen LogP contribution in [0.4, 0.5) is 0 Å². The van der Waals surface area contributed by atoms with Gasteiger partial charge in [-0.1, -0.05) is 12.1 Å². The van der Waals surface area contributed by atoms with Crippen molar-refractivity contribution in [2.24, 2.45) is 5.73 Å². The van der Waals surface area contributed by atoms with E-state index in [2.05, 4.69) is 4.74 Å². The summed E-state index contributed by atoms with van der Waals surface area (Å²) in [6.45, 7) is 0. The van der Waals surface area contributed by atoms with Gasteiger partial charge in [0.1, 0.15) is 11.8 Å². The molecule has 0 bridgehead atoms. The van der Waals surface area contributed by atoms with Crippen LogP contribution in [0, 0.1) is 0 Å². The average Bonchev–Trinajstić information content (AvgIpc) is 2.17. The average molecular weight is 218 g/mol.